The van der Waals surface area contributed by atoms with Crippen molar-refractivity contribution in [2.45, 2.75) is 79.1 Å². The van der Waals surface area contributed by atoms with Gasteiger partial charge in [0.25, 0.3) is 0 Å². The van der Waals surface area contributed by atoms with Crippen LogP contribution in [0.4, 0.5) is 0 Å². The minimum atomic E-state index is 0.635. The van der Waals surface area contributed by atoms with Crippen molar-refractivity contribution in [2.75, 3.05) is 13.2 Å². The van der Waals surface area contributed by atoms with E-state index in [2.05, 4.69) is 71.7 Å². The van der Waals surface area contributed by atoms with Gasteiger partial charge in [-0.2, -0.15) is 0 Å². The summed E-state index contributed by atoms with van der Waals surface area (Å²) in [4.78, 5) is 2.44. The smallest absolute Gasteiger partial charge is 0.145 e. The Labute approximate surface area is 208 Å². The summed E-state index contributed by atoms with van der Waals surface area (Å²) in [6, 6.07) is 4.33. The summed E-state index contributed by atoms with van der Waals surface area (Å²) < 4.78 is 14.5. The first-order chi connectivity index (χ1) is 14.5. The lowest BCUT2D eigenvalue weighted by atomic mass is 10.0. The molecule has 0 amide bonds. The van der Waals surface area contributed by atoms with Crippen molar-refractivity contribution in [3.63, 3.8) is 0 Å². The molecule has 0 aromatic carbocycles. The lowest BCUT2D eigenvalue weighted by Crippen LogP contribution is -2.11. The van der Waals surface area contributed by atoms with Crippen LogP contribution in [-0.4, -0.2) is 13.2 Å². The van der Waals surface area contributed by atoms with Crippen LogP contribution in [0, 0.1) is 11.8 Å². The monoisotopic (exact) mass is 578 g/mol. The molecular formula is C24H36Br2O2S2. The highest BCUT2D eigenvalue weighted by Crippen LogP contribution is 2.46. The maximum absolute atomic E-state index is 6.18. The number of halogens is 2. The van der Waals surface area contributed by atoms with Gasteiger partial charge in [0.15, 0.2) is 0 Å². The van der Waals surface area contributed by atoms with Gasteiger partial charge in [-0.05, 0) is 56.5 Å². The number of hydrogen-bond acceptors (Lipinski definition) is 4. The van der Waals surface area contributed by atoms with Gasteiger partial charge in [0.2, 0.25) is 0 Å². The second-order valence-corrected chi connectivity index (χ2v) is 12.7. The van der Waals surface area contributed by atoms with Gasteiger partial charge in [0.1, 0.15) is 19.1 Å². The molecule has 2 atom stereocenters. The fraction of sp³-hybridized carbons (Fsp3) is 0.667. The molecule has 0 radical (unpaired) electrons. The van der Waals surface area contributed by atoms with Gasteiger partial charge in [0, 0.05) is 21.9 Å². The molecule has 0 spiro atoms. The Bertz CT molecular complexity index is 679. The first-order valence-corrected chi connectivity index (χ1v) is 14.6. The predicted molar refractivity (Wildman–Crippen MR) is 141 cm³/mol. The molecule has 0 fully saturated rings. The number of rotatable bonds is 15. The van der Waals surface area contributed by atoms with Crippen molar-refractivity contribution in [3.8, 4) is 21.3 Å². The Hall–Kier alpha value is -0.0400. The summed E-state index contributed by atoms with van der Waals surface area (Å²) in [6.45, 7) is 10.6. The van der Waals surface area contributed by atoms with E-state index in [1.165, 1.54) is 61.1 Å². The van der Waals surface area contributed by atoms with Crippen LogP contribution in [0.5, 0.6) is 11.5 Å². The van der Waals surface area contributed by atoms with Crippen molar-refractivity contribution in [2.24, 2.45) is 11.8 Å². The molecule has 2 aromatic rings. The molecule has 0 bridgehead atoms. The Morgan fingerprint density at radius 2 is 1.13 bits per heavy atom. The van der Waals surface area contributed by atoms with E-state index < -0.39 is 0 Å². The van der Waals surface area contributed by atoms with Gasteiger partial charge < -0.3 is 9.47 Å². The van der Waals surface area contributed by atoms with Crippen LogP contribution < -0.4 is 9.47 Å². The Morgan fingerprint density at radius 1 is 0.733 bits per heavy atom. The summed E-state index contributed by atoms with van der Waals surface area (Å²) in [5, 5.41) is 0. The zero-order valence-electron chi connectivity index (χ0n) is 18.8. The molecule has 0 aliphatic rings. The lowest BCUT2D eigenvalue weighted by Gasteiger charge is -2.15. The van der Waals surface area contributed by atoms with Gasteiger partial charge in [-0.15, -0.1) is 22.7 Å². The minimum absolute atomic E-state index is 0.635. The lowest BCUT2D eigenvalue weighted by molar-refractivity contribution is 0.233. The van der Waals surface area contributed by atoms with Crippen LogP contribution >= 0.6 is 54.5 Å². The highest BCUT2D eigenvalue weighted by Gasteiger charge is 2.17. The van der Waals surface area contributed by atoms with E-state index in [1.54, 1.807) is 22.7 Å². The Kier molecular flexibility index (Phi) is 12.4. The van der Waals surface area contributed by atoms with E-state index in [4.69, 9.17) is 9.47 Å². The molecule has 0 saturated heterocycles. The SMILES string of the molecule is CCCCC(CC)COc1cc(-c2cc(OCC(CC)CCCC)c(Br)s2)sc1Br. The highest BCUT2D eigenvalue weighted by molar-refractivity contribution is 9.11. The van der Waals surface area contributed by atoms with E-state index in [-0.39, 0.29) is 0 Å². The number of thiophene rings is 2. The summed E-state index contributed by atoms with van der Waals surface area (Å²) in [7, 11) is 0. The van der Waals surface area contributed by atoms with E-state index in [0.717, 1.165) is 32.3 Å². The first-order valence-electron chi connectivity index (χ1n) is 11.4. The summed E-state index contributed by atoms with van der Waals surface area (Å²) in [5.74, 6) is 3.19. The van der Waals surface area contributed by atoms with Crippen molar-refractivity contribution in [1.82, 2.24) is 0 Å². The predicted octanol–water partition coefficient (Wildman–Crippen LogP) is 10.2. The number of unbranched alkanes of at least 4 members (excludes halogenated alkanes) is 2. The van der Waals surface area contributed by atoms with Gasteiger partial charge in [-0.25, -0.2) is 0 Å². The summed E-state index contributed by atoms with van der Waals surface area (Å²) in [6.07, 6.45) is 9.89. The van der Waals surface area contributed by atoms with Gasteiger partial charge in [-0.3, -0.25) is 0 Å². The van der Waals surface area contributed by atoms with Crippen LogP contribution in [0.1, 0.15) is 79.1 Å². The fourth-order valence-electron chi connectivity index (χ4n) is 3.36. The minimum Gasteiger partial charge on any atom is -0.491 e. The zero-order chi connectivity index (χ0) is 21.9. The highest BCUT2D eigenvalue weighted by atomic mass is 79.9. The zero-order valence-corrected chi connectivity index (χ0v) is 23.6. The normalized spacial score (nSPS) is 13.4. The molecule has 2 nitrogen and oxygen atoms in total. The third-order valence-corrected chi connectivity index (χ3v) is 9.35. The Balaban J connectivity index is 1.99. The number of hydrogen-bond donors (Lipinski definition) is 0. The fourth-order valence-corrected chi connectivity index (χ4v) is 6.58. The maximum Gasteiger partial charge on any atom is 0.145 e. The molecule has 2 heterocycles. The largest absolute Gasteiger partial charge is 0.491 e. The second kappa shape index (κ2) is 14.2. The maximum atomic E-state index is 6.18. The van der Waals surface area contributed by atoms with Crippen LogP contribution in [0.3, 0.4) is 0 Å². The average Bonchev–Trinajstić information content (AvgIpc) is 3.30. The van der Waals surface area contributed by atoms with Crippen molar-refractivity contribution >= 4 is 54.5 Å². The molecule has 0 N–H and O–H groups in total. The molecule has 2 rings (SSSR count). The Morgan fingerprint density at radius 3 is 1.47 bits per heavy atom. The second-order valence-electron chi connectivity index (χ2n) is 7.95. The number of ether oxygens (including phenoxy) is 2. The average molecular weight is 580 g/mol. The molecule has 0 aliphatic heterocycles. The van der Waals surface area contributed by atoms with Crippen molar-refractivity contribution in [3.05, 3.63) is 19.7 Å². The van der Waals surface area contributed by atoms with Gasteiger partial charge in [0.05, 0.1) is 13.2 Å². The van der Waals surface area contributed by atoms with Crippen LogP contribution in [0.2, 0.25) is 0 Å². The summed E-state index contributed by atoms with van der Waals surface area (Å²) in [5.41, 5.74) is 0. The van der Waals surface area contributed by atoms with Crippen LogP contribution in [-0.2, 0) is 0 Å². The van der Waals surface area contributed by atoms with E-state index in [9.17, 15) is 0 Å². The third-order valence-electron chi connectivity index (χ3n) is 5.59. The van der Waals surface area contributed by atoms with Crippen molar-refractivity contribution in [1.29, 1.82) is 0 Å². The summed E-state index contributed by atoms with van der Waals surface area (Å²) >= 11 is 10.9. The van der Waals surface area contributed by atoms with Gasteiger partial charge >= 0.3 is 0 Å². The standard InChI is InChI=1S/C24H36Br2O2S2/c1-5-9-11-17(7-3)15-27-19-13-21(29-23(19)25)22-14-20(24(26)30-22)28-16-18(8-4)12-10-6-2/h13-14,17-18H,5-12,15-16H2,1-4H3. The van der Waals surface area contributed by atoms with E-state index >= 15 is 0 Å². The first kappa shape index (κ1) is 26.2. The van der Waals surface area contributed by atoms with Gasteiger partial charge in [-0.1, -0.05) is 66.2 Å². The van der Waals surface area contributed by atoms with E-state index in [0.29, 0.717) is 11.8 Å². The van der Waals surface area contributed by atoms with Crippen LogP contribution in [0.25, 0.3) is 9.75 Å². The molecule has 0 saturated carbocycles. The quantitative estimate of drug-likeness (QED) is 0.209. The third kappa shape index (κ3) is 8.14. The molecule has 2 aromatic heterocycles. The molecule has 0 aliphatic carbocycles. The molecule has 170 valence electrons. The topological polar surface area (TPSA) is 18.5 Å². The molecule has 30 heavy (non-hydrogen) atoms. The molecule has 2 unspecified atom stereocenters. The van der Waals surface area contributed by atoms with E-state index in [1.807, 2.05) is 0 Å². The molecular weight excluding hydrogens is 544 g/mol. The molecule has 6 heteroatoms. The van der Waals surface area contributed by atoms with Crippen LogP contribution in [0.15, 0.2) is 19.7 Å². The van der Waals surface area contributed by atoms with Crippen molar-refractivity contribution < 1.29 is 9.47 Å².